The van der Waals surface area contributed by atoms with Gasteiger partial charge < -0.3 is 0 Å². The van der Waals surface area contributed by atoms with E-state index in [1.807, 2.05) is 12.1 Å². The van der Waals surface area contributed by atoms with E-state index in [1.165, 1.54) is 24.4 Å². The van der Waals surface area contributed by atoms with Crippen molar-refractivity contribution in [3.05, 3.63) is 81.4 Å². The zero-order chi connectivity index (χ0) is 19.2. The number of rotatable bonds is 4. The Hall–Kier alpha value is -4.23. The molecule has 27 heavy (non-hydrogen) atoms. The van der Waals surface area contributed by atoms with Crippen LogP contribution in [0.5, 0.6) is 0 Å². The van der Waals surface area contributed by atoms with Crippen molar-refractivity contribution in [1.29, 1.82) is 5.26 Å². The first-order valence-electron chi connectivity index (χ1n) is 7.77. The molecule has 0 aliphatic rings. The van der Waals surface area contributed by atoms with E-state index in [0.717, 1.165) is 0 Å². The average molecular weight is 357 g/mol. The van der Waals surface area contributed by atoms with E-state index in [2.05, 4.69) is 26.4 Å². The second kappa shape index (κ2) is 7.77. The second-order valence-electron chi connectivity index (χ2n) is 5.37. The van der Waals surface area contributed by atoms with Gasteiger partial charge in [0, 0.05) is 16.7 Å². The molecule has 0 unspecified atom stereocenters. The van der Waals surface area contributed by atoms with Crippen molar-refractivity contribution >= 4 is 12.2 Å². The number of H-pyrrole nitrogens is 1. The lowest BCUT2D eigenvalue weighted by Crippen LogP contribution is -2.16. The van der Waals surface area contributed by atoms with Crippen LogP contribution >= 0.6 is 0 Å². The van der Waals surface area contributed by atoms with Gasteiger partial charge in [-0.3, -0.25) is 9.78 Å². The molecule has 130 valence electrons. The smallest absolute Gasteiger partial charge is 0.270 e. The number of anilines is 1. The van der Waals surface area contributed by atoms with Gasteiger partial charge in [0.1, 0.15) is 17.4 Å². The van der Waals surface area contributed by atoms with Crippen LogP contribution in [0.25, 0.3) is 11.3 Å². The van der Waals surface area contributed by atoms with E-state index in [9.17, 15) is 14.4 Å². The molecule has 0 aliphatic heterocycles. The first-order valence-corrected chi connectivity index (χ1v) is 7.77. The van der Waals surface area contributed by atoms with E-state index >= 15 is 0 Å². The Labute approximate surface area is 154 Å². The summed E-state index contributed by atoms with van der Waals surface area (Å²) in [7, 11) is 0. The number of terminal acetylenes is 1. The lowest BCUT2D eigenvalue weighted by Gasteiger charge is -2.06. The molecule has 0 amide bonds. The molecule has 1 heterocycles. The number of hydrogen-bond acceptors (Lipinski definition) is 5. The van der Waals surface area contributed by atoms with E-state index < -0.39 is 11.4 Å². The number of aromatic amines is 1. The Balaban J connectivity index is 1.93. The van der Waals surface area contributed by atoms with Crippen molar-refractivity contribution < 1.29 is 4.39 Å². The van der Waals surface area contributed by atoms with E-state index in [1.54, 1.807) is 24.3 Å². The Kier molecular flexibility index (Phi) is 5.06. The molecule has 0 saturated heterocycles. The van der Waals surface area contributed by atoms with E-state index in [-0.39, 0.29) is 22.8 Å². The number of hydrogen-bond donors (Lipinski definition) is 2. The largest absolute Gasteiger partial charge is 0.290 e. The first kappa shape index (κ1) is 17.6. The van der Waals surface area contributed by atoms with Gasteiger partial charge in [-0.25, -0.2) is 14.8 Å². The van der Waals surface area contributed by atoms with E-state index in [4.69, 9.17) is 6.42 Å². The number of benzene rings is 2. The molecule has 0 saturated carbocycles. The molecule has 3 rings (SSSR count). The monoisotopic (exact) mass is 357 g/mol. The van der Waals surface area contributed by atoms with Crippen LogP contribution in [-0.4, -0.2) is 16.2 Å². The minimum absolute atomic E-state index is 0.0163. The van der Waals surface area contributed by atoms with Gasteiger partial charge in [-0.15, -0.1) is 6.42 Å². The maximum Gasteiger partial charge on any atom is 0.270 e. The Bertz CT molecular complexity index is 1150. The molecule has 7 heteroatoms. The fraction of sp³-hybridized carbons (Fsp3) is 0. The fourth-order valence-electron chi connectivity index (χ4n) is 2.33. The van der Waals surface area contributed by atoms with Gasteiger partial charge in [-0.05, 0) is 18.2 Å². The average Bonchev–Trinajstić information content (AvgIpc) is 2.69. The summed E-state index contributed by atoms with van der Waals surface area (Å²) in [6.45, 7) is 0. The Morgan fingerprint density at radius 3 is 2.74 bits per heavy atom. The molecule has 2 aromatic carbocycles. The van der Waals surface area contributed by atoms with Gasteiger partial charge in [-0.2, -0.15) is 10.4 Å². The normalized spacial score (nSPS) is 10.3. The third kappa shape index (κ3) is 3.89. The molecule has 0 radical (unpaired) electrons. The molecule has 3 aromatic rings. The highest BCUT2D eigenvalue weighted by atomic mass is 19.1. The maximum absolute atomic E-state index is 13.8. The van der Waals surface area contributed by atoms with Gasteiger partial charge in [-0.1, -0.05) is 36.3 Å². The van der Waals surface area contributed by atoms with Gasteiger partial charge in [0.15, 0.2) is 0 Å². The molecule has 0 spiro atoms. The van der Waals surface area contributed by atoms with E-state index in [0.29, 0.717) is 11.1 Å². The number of nitrogens with one attached hydrogen (secondary N) is 2. The summed E-state index contributed by atoms with van der Waals surface area (Å²) in [5, 5.41) is 13.1. The van der Waals surface area contributed by atoms with Crippen LogP contribution < -0.4 is 11.0 Å². The lowest BCUT2D eigenvalue weighted by molar-refractivity contribution is 0.626. The predicted molar refractivity (Wildman–Crippen MR) is 101 cm³/mol. The minimum Gasteiger partial charge on any atom is -0.290 e. The predicted octanol–water partition coefficient (Wildman–Crippen LogP) is 2.87. The zero-order valence-electron chi connectivity index (χ0n) is 13.9. The van der Waals surface area contributed by atoms with Crippen LogP contribution in [0.3, 0.4) is 0 Å². The fourth-order valence-corrected chi connectivity index (χ4v) is 2.33. The van der Waals surface area contributed by atoms with Gasteiger partial charge in [0.05, 0.1) is 11.9 Å². The molecule has 6 nitrogen and oxygen atoms in total. The summed E-state index contributed by atoms with van der Waals surface area (Å²) in [5.41, 5.74) is 3.34. The number of hydrazone groups is 1. The van der Waals surface area contributed by atoms with Gasteiger partial charge >= 0.3 is 0 Å². The van der Waals surface area contributed by atoms with Crippen molar-refractivity contribution in [2.75, 3.05) is 5.43 Å². The third-order valence-electron chi connectivity index (χ3n) is 3.62. The lowest BCUT2D eigenvalue weighted by atomic mass is 10.1. The van der Waals surface area contributed by atoms with Crippen LogP contribution in [0.15, 0.2) is 58.4 Å². The maximum atomic E-state index is 13.8. The number of aromatic nitrogens is 2. The Morgan fingerprint density at radius 2 is 2.04 bits per heavy atom. The van der Waals surface area contributed by atoms with Gasteiger partial charge in [0.2, 0.25) is 5.95 Å². The standard InChI is InChI=1S/C20H12FN5O/c1-2-13-8-9-17(21)15(10-13)12-23-26-20-24-18(14-6-4-3-5-7-14)16(11-22)19(27)25-20/h1,3-10,12H,(H2,24,25,26,27). The number of nitrogens with zero attached hydrogens (tertiary/aromatic N) is 3. The number of nitriles is 1. The van der Waals surface area contributed by atoms with Crippen LogP contribution in [0.2, 0.25) is 0 Å². The zero-order valence-corrected chi connectivity index (χ0v) is 13.9. The first-order chi connectivity index (χ1) is 13.1. The van der Waals surface area contributed by atoms with Crippen LogP contribution in [-0.2, 0) is 0 Å². The van der Waals surface area contributed by atoms with Gasteiger partial charge in [0.25, 0.3) is 5.56 Å². The van der Waals surface area contributed by atoms with Crippen LogP contribution in [0, 0.1) is 29.5 Å². The molecule has 0 aliphatic carbocycles. The quantitative estimate of drug-likeness (QED) is 0.426. The van der Waals surface area contributed by atoms with Crippen molar-refractivity contribution in [2.24, 2.45) is 5.10 Å². The minimum atomic E-state index is -0.607. The highest BCUT2D eigenvalue weighted by Gasteiger charge is 2.12. The summed E-state index contributed by atoms with van der Waals surface area (Å²) in [5.74, 6) is 1.93. The molecule has 0 atom stereocenters. The summed E-state index contributed by atoms with van der Waals surface area (Å²) >= 11 is 0. The van der Waals surface area contributed by atoms with Crippen molar-refractivity contribution in [1.82, 2.24) is 9.97 Å². The topological polar surface area (TPSA) is 93.9 Å². The summed E-state index contributed by atoms with van der Waals surface area (Å²) < 4.78 is 13.8. The molecular weight excluding hydrogens is 345 g/mol. The number of halogens is 1. The van der Waals surface area contributed by atoms with Crippen molar-refractivity contribution in [3.63, 3.8) is 0 Å². The summed E-state index contributed by atoms with van der Waals surface area (Å²) in [6, 6.07) is 14.8. The second-order valence-corrected chi connectivity index (χ2v) is 5.37. The van der Waals surface area contributed by atoms with Crippen LogP contribution in [0.1, 0.15) is 16.7 Å². The highest BCUT2D eigenvalue weighted by Crippen LogP contribution is 2.19. The molecule has 1 aromatic heterocycles. The van der Waals surface area contributed by atoms with Crippen LogP contribution in [0.4, 0.5) is 10.3 Å². The molecule has 0 fully saturated rings. The summed E-state index contributed by atoms with van der Waals surface area (Å²) in [6.07, 6.45) is 6.51. The highest BCUT2D eigenvalue weighted by molar-refractivity contribution is 5.81. The van der Waals surface area contributed by atoms with Crippen molar-refractivity contribution in [3.8, 4) is 29.7 Å². The molecule has 0 bridgehead atoms. The SMILES string of the molecule is C#Cc1ccc(F)c(C=NNc2nc(-c3ccccc3)c(C#N)c(=O)[nH]2)c1. The summed E-state index contributed by atoms with van der Waals surface area (Å²) in [4.78, 5) is 18.8. The third-order valence-corrected chi connectivity index (χ3v) is 3.62. The molecular formula is C20H12FN5O. The molecule has 2 N–H and O–H groups in total. The Morgan fingerprint density at radius 1 is 1.26 bits per heavy atom. The van der Waals surface area contributed by atoms with Crippen molar-refractivity contribution in [2.45, 2.75) is 0 Å².